The summed E-state index contributed by atoms with van der Waals surface area (Å²) in [6, 6.07) is 11.8. The highest BCUT2D eigenvalue weighted by Gasteiger charge is 2.00. The molecule has 1 N–H and O–H groups in total. The molecule has 0 amide bonds. The summed E-state index contributed by atoms with van der Waals surface area (Å²) in [5.41, 5.74) is 3.24. The van der Waals surface area contributed by atoms with Crippen LogP contribution in [0.25, 0.3) is 0 Å². The first-order chi connectivity index (χ1) is 9.67. The third-order valence-corrected chi connectivity index (χ3v) is 3.28. The van der Waals surface area contributed by atoms with E-state index in [0.717, 1.165) is 41.7 Å². The molecule has 0 aliphatic heterocycles. The van der Waals surface area contributed by atoms with Gasteiger partial charge in [0.25, 0.3) is 0 Å². The number of benzene rings is 1. The van der Waals surface area contributed by atoms with Gasteiger partial charge in [-0.05, 0) is 37.6 Å². The van der Waals surface area contributed by atoms with Crippen molar-refractivity contribution >= 4 is 11.6 Å². The Kier molecular flexibility index (Phi) is 5.39. The molecule has 0 aliphatic rings. The van der Waals surface area contributed by atoms with Crippen LogP contribution in [0, 0.1) is 6.92 Å². The second kappa shape index (κ2) is 7.27. The molecular weight excluding hydrogens is 272 g/mol. The molecule has 0 fully saturated rings. The van der Waals surface area contributed by atoms with Gasteiger partial charge in [0, 0.05) is 29.4 Å². The standard InChI is InChI=1S/C16H19ClN2O/c1-12-9-16(20-2)10-15(19-12)11-18-8-7-13-3-5-14(17)6-4-13/h3-6,9-10,18H,7-8,11H2,1-2H3. The van der Waals surface area contributed by atoms with Crippen LogP contribution in [-0.2, 0) is 13.0 Å². The van der Waals surface area contributed by atoms with Crippen molar-refractivity contribution in [2.75, 3.05) is 13.7 Å². The molecule has 0 atom stereocenters. The quantitative estimate of drug-likeness (QED) is 0.828. The molecule has 106 valence electrons. The van der Waals surface area contributed by atoms with Crippen molar-refractivity contribution in [1.29, 1.82) is 0 Å². The van der Waals surface area contributed by atoms with Crippen LogP contribution in [0.1, 0.15) is 17.0 Å². The maximum Gasteiger partial charge on any atom is 0.122 e. The van der Waals surface area contributed by atoms with E-state index in [1.54, 1.807) is 7.11 Å². The van der Waals surface area contributed by atoms with Crippen LogP contribution in [-0.4, -0.2) is 18.6 Å². The van der Waals surface area contributed by atoms with E-state index in [0.29, 0.717) is 0 Å². The van der Waals surface area contributed by atoms with Gasteiger partial charge in [-0.2, -0.15) is 0 Å². The lowest BCUT2D eigenvalue weighted by Gasteiger charge is -2.08. The minimum atomic E-state index is 0.742. The average Bonchev–Trinajstić information content (AvgIpc) is 2.45. The van der Waals surface area contributed by atoms with Gasteiger partial charge in [0.15, 0.2) is 0 Å². The molecule has 3 nitrogen and oxygen atoms in total. The van der Waals surface area contributed by atoms with E-state index in [-0.39, 0.29) is 0 Å². The first-order valence-corrected chi connectivity index (χ1v) is 7.02. The van der Waals surface area contributed by atoms with E-state index in [4.69, 9.17) is 16.3 Å². The minimum Gasteiger partial charge on any atom is -0.497 e. The molecule has 1 aromatic heterocycles. The van der Waals surface area contributed by atoms with E-state index in [1.165, 1.54) is 5.56 Å². The number of nitrogens with one attached hydrogen (secondary N) is 1. The second-order valence-corrected chi connectivity index (χ2v) is 5.13. The molecule has 2 rings (SSSR count). The van der Waals surface area contributed by atoms with Crippen molar-refractivity contribution in [1.82, 2.24) is 10.3 Å². The third kappa shape index (κ3) is 4.51. The van der Waals surface area contributed by atoms with Crippen molar-refractivity contribution in [3.05, 3.63) is 58.4 Å². The number of pyridine rings is 1. The molecule has 20 heavy (non-hydrogen) atoms. The molecule has 2 aromatic rings. The Labute approximate surface area is 124 Å². The van der Waals surface area contributed by atoms with Crippen LogP contribution in [0.4, 0.5) is 0 Å². The van der Waals surface area contributed by atoms with Crippen LogP contribution >= 0.6 is 11.6 Å². The number of aromatic nitrogens is 1. The summed E-state index contributed by atoms with van der Waals surface area (Å²) < 4.78 is 5.24. The fourth-order valence-electron chi connectivity index (χ4n) is 2.01. The maximum atomic E-state index is 5.86. The van der Waals surface area contributed by atoms with Crippen LogP contribution in [0.2, 0.25) is 5.02 Å². The second-order valence-electron chi connectivity index (χ2n) is 4.69. The van der Waals surface area contributed by atoms with E-state index < -0.39 is 0 Å². The van der Waals surface area contributed by atoms with Crippen molar-refractivity contribution < 1.29 is 4.74 Å². The Morgan fingerprint density at radius 3 is 2.65 bits per heavy atom. The van der Waals surface area contributed by atoms with Gasteiger partial charge in [-0.3, -0.25) is 4.98 Å². The third-order valence-electron chi connectivity index (χ3n) is 3.03. The van der Waals surface area contributed by atoms with E-state index in [9.17, 15) is 0 Å². The van der Waals surface area contributed by atoms with Crippen LogP contribution in [0.5, 0.6) is 5.75 Å². The van der Waals surface area contributed by atoms with Gasteiger partial charge >= 0.3 is 0 Å². The summed E-state index contributed by atoms with van der Waals surface area (Å²) in [5, 5.41) is 4.17. The van der Waals surface area contributed by atoms with Gasteiger partial charge in [-0.1, -0.05) is 23.7 Å². The topological polar surface area (TPSA) is 34.1 Å². The first kappa shape index (κ1) is 14.8. The molecule has 0 spiro atoms. The highest BCUT2D eigenvalue weighted by atomic mass is 35.5. The van der Waals surface area contributed by atoms with Gasteiger partial charge < -0.3 is 10.1 Å². The van der Waals surface area contributed by atoms with Crippen molar-refractivity contribution in [2.45, 2.75) is 19.9 Å². The summed E-state index contributed by atoms with van der Waals surface area (Å²) >= 11 is 5.86. The molecule has 1 heterocycles. The normalized spacial score (nSPS) is 10.6. The number of methoxy groups -OCH3 is 1. The first-order valence-electron chi connectivity index (χ1n) is 6.64. The van der Waals surface area contributed by atoms with Gasteiger partial charge in [0.1, 0.15) is 5.75 Å². The van der Waals surface area contributed by atoms with E-state index in [2.05, 4.69) is 22.4 Å². The number of aryl methyl sites for hydroxylation is 1. The summed E-state index contributed by atoms with van der Waals surface area (Å²) in [6.45, 7) is 3.62. The number of hydrogen-bond acceptors (Lipinski definition) is 3. The lowest BCUT2D eigenvalue weighted by Crippen LogP contribution is -2.17. The Bertz CT molecular complexity index is 555. The Balaban J connectivity index is 1.81. The SMILES string of the molecule is COc1cc(C)nc(CNCCc2ccc(Cl)cc2)c1. The van der Waals surface area contributed by atoms with Crippen LogP contribution in [0.3, 0.4) is 0 Å². The van der Waals surface area contributed by atoms with Gasteiger partial charge in [0.05, 0.1) is 12.8 Å². The number of nitrogens with zero attached hydrogens (tertiary/aromatic N) is 1. The molecule has 4 heteroatoms. The number of ether oxygens (including phenoxy) is 1. The summed E-state index contributed by atoms with van der Waals surface area (Å²) in [4.78, 5) is 4.48. The van der Waals surface area contributed by atoms with Crippen molar-refractivity contribution in [2.24, 2.45) is 0 Å². The summed E-state index contributed by atoms with van der Waals surface area (Å²) in [7, 11) is 1.67. The lowest BCUT2D eigenvalue weighted by molar-refractivity contribution is 0.412. The predicted octanol–water partition coefficient (Wildman–Crippen LogP) is 3.38. The smallest absolute Gasteiger partial charge is 0.122 e. The van der Waals surface area contributed by atoms with E-state index >= 15 is 0 Å². The van der Waals surface area contributed by atoms with Gasteiger partial charge in [-0.15, -0.1) is 0 Å². The van der Waals surface area contributed by atoms with Gasteiger partial charge in [-0.25, -0.2) is 0 Å². The zero-order valence-corrected chi connectivity index (χ0v) is 12.6. The van der Waals surface area contributed by atoms with E-state index in [1.807, 2.05) is 31.2 Å². The van der Waals surface area contributed by atoms with Gasteiger partial charge in [0.2, 0.25) is 0 Å². The highest BCUT2D eigenvalue weighted by molar-refractivity contribution is 6.30. The minimum absolute atomic E-state index is 0.742. The maximum absolute atomic E-state index is 5.86. The zero-order valence-electron chi connectivity index (χ0n) is 11.8. The molecular formula is C16H19ClN2O. The molecule has 0 unspecified atom stereocenters. The van der Waals surface area contributed by atoms with Crippen molar-refractivity contribution in [3.63, 3.8) is 0 Å². The fourth-order valence-corrected chi connectivity index (χ4v) is 2.14. The Hall–Kier alpha value is -1.58. The largest absolute Gasteiger partial charge is 0.497 e. The summed E-state index contributed by atoms with van der Waals surface area (Å²) in [6.07, 6.45) is 0.972. The lowest BCUT2D eigenvalue weighted by atomic mass is 10.1. The van der Waals surface area contributed by atoms with Crippen LogP contribution < -0.4 is 10.1 Å². The Morgan fingerprint density at radius 1 is 1.20 bits per heavy atom. The predicted molar refractivity (Wildman–Crippen MR) is 82.4 cm³/mol. The molecule has 0 bridgehead atoms. The zero-order chi connectivity index (χ0) is 14.4. The molecule has 0 aliphatic carbocycles. The summed E-state index contributed by atoms with van der Waals surface area (Å²) in [5.74, 6) is 0.854. The molecule has 1 aromatic carbocycles. The fraction of sp³-hybridized carbons (Fsp3) is 0.312. The highest BCUT2D eigenvalue weighted by Crippen LogP contribution is 2.13. The monoisotopic (exact) mass is 290 g/mol. The van der Waals surface area contributed by atoms with Crippen LogP contribution in [0.15, 0.2) is 36.4 Å². The molecule has 0 saturated carbocycles. The number of halogens is 1. The van der Waals surface area contributed by atoms with Crippen molar-refractivity contribution in [3.8, 4) is 5.75 Å². The Morgan fingerprint density at radius 2 is 1.95 bits per heavy atom. The number of rotatable bonds is 6. The molecule has 0 radical (unpaired) electrons. The number of hydrogen-bond donors (Lipinski definition) is 1. The average molecular weight is 291 g/mol. The molecule has 0 saturated heterocycles.